The van der Waals surface area contributed by atoms with Gasteiger partial charge in [0, 0.05) is 38.6 Å². The fourth-order valence-electron chi connectivity index (χ4n) is 10.9. The lowest BCUT2D eigenvalue weighted by Crippen LogP contribution is -2.52. The fraction of sp³-hybridized carbons (Fsp3) is 0.0645. The highest BCUT2D eigenvalue weighted by atomic mass is 15.3. The zero-order valence-corrected chi connectivity index (χ0v) is 36.9. The number of para-hydroxylation sites is 4. The molecule has 0 radical (unpaired) electrons. The Morgan fingerprint density at radius 1 is 0.394 bits per heavy atom. The number of fused-ring (bicyclic) bond motifs is 8. The largest absolute Gasteiger partial charge is 0.363 e. The zero-order chi connectivity index (χ0) is 43.9. The molecule has 0 spiro atoms. The quantitative estimate of drug-likeness (QED) is 0.180. The molecule has 13 rings (SSSR count). The first kappa shape index (κ1) is 38.3. The molecule has 2 atom stereocenters. The van der Waals surface area contributed by atoms with Crippen molar-refractivity contribution < 1.29 is 0 Å². The second kappa shape index (κ2) is 15.0. The maximum atomic E-state index is 3.98. The van der Waals surface area contributed by atoms with Gasteiger partial charge in [-0.25, -0.2) is 0 Å². The molecule has 0 bridgehead atoms. The van der Waals surface area contributed by atoms with Crippen LogP contribution in [0.2, 0.25) is 0 Å². The van der Waals surface area contributed by atoms with Gasteiger partial charge in [-0.15, -0.1) is 0 Å². The van der Waals surface area contributed by atoms with Crippen LogP contribution in [0.25, 0.3) is 88.0 Å². The van der Waals surface area contributed by atoms with Gasteiger partial charge in [0.25, 0.3) is 0 Å². The maximum Gasteiger partial charge on any atom is 0.115 e. The minimum Gasteiger partial charge on any atom is -0.363 e. The van der Waals surface area contributed by atoms with Gasteiger partial charge in [-0.2, -0.15) is 0 Å². The number of hydrogen-bond donors (Lipinski definition) is 1. The Morgan fingerprint density at radius 3 is 1.56 bits per heavy atom. The summed E-state index contributed by atoms with van der Waals surface area (Å²) in [5.74, 6) is 0. The highest BCUT2D eigenvalue weighted by molar-refractivity contribution is 6.12. The molecule has 2 unspecified atom stereocenters. The molecule has 4 heteroatoms. The zero-order valence-electron chi connectivity index (χ0n) is 36.9. The van der Waals surface area contributed by atoms with Crippen LogP contribution in [0.3, 0.4) is 0 Å². The summed E-state index contributed by atoms with van der Waals surface area (Å²) in [6.07, 6.45) is 0. The first-order valence-corrected chi connectivity index (χ1v) is 22.9. The molecular formula is C62H46N4. The van der Waals surface area contributed by atoms with Crippen LogP contribution in [0, 0.1) is 0 Å². The molecule has 314 valence electrons. The SMILES string of the molecule is CN1C(c2ccc(-c3ccc4ccccc4c3)cc2)c2ccccc2NC1(C)c1ccc(-n2c3ccccc3c3cc(-c4ccc5c(c4)c4ccccc4n5-c4ccccc4)ccc32)cc1. The molecule has 3 heterocycles. The Balaban J connectivity index is 0.853. The van der Waals surface area contributed by atoms with Gasteiger partial charge < -0.3 is 14.5 Å². The fourth-order valence-corrected chi connectivity index (χ4v) is 10.9. The van der Waals surface area contributed by atoms with Crippen molar-refractivity contribution in [3.63, 3.8) is 0 Å². The molecule has 0 aliphatic carbocycles. The smallest absolute Gasteiger partial charge is 0.115 e. The number of benzene rings is 10. The Hall–Kier alpha value is -8.18. The molecule has 66 heavy (non-hydrogen) atoms. The molecule has 0 saturated heterocycles. The van der Waals surface area contributed by atoms with Crippen LogP contribution in [-0.2, 0) is 5.66 Å². The van der Waals surface area contributed by atoms with Gasteiger partial charge in [-0.3, -0.25) is 4.90 Å². The topological polar surface area (TPSA) is 25.1 Å². The van der Waals surface area contributed by atoms with Crippen molar-refractivity contribution in [2.45, 2.75) is 18.6 Å². The van der Waals surface area contributed by atoms with Gasteiger partial charge in [0.15, 0.2) is 0 Å². The molecule has 0 amide bonds. The molecule has 4 nitrogen and oxygen atoms in total. The van der Waals surface area contributed by atoms with E-state index in [2.05, 4.69) is 264 Å². The average Bonchev–Trinajstić information content (AvgIpc) is 3.89. The normalized spacial score (nSPS) is 16.3. The van der Waals surface area contributed by atoms with Crippen LogP contribution in [0.5, 0.6) is 0 Å². The summed E-state index contributed by atoms with van der Waals surface area (Å²) >= 11 is 0. The lowest BCUT2D eigenvalue weighted by Gasteiger charge is -2.50. The van der Waals surface area contributed by atoms with E-state index in [0.717, 1.165) is 11.4 Å². The summed E-state index contributed by atoms with van der Waals surface area (Å²) in [6.45, 7) is 2.31. The van der Waals surface area contributed by atoms with E-state index < -0.39 is 5.66 Å². The minimum absolute atomic E-state index is 0.0486. The summed E-state index contributed by atoms with van der Waals surface area (Å²) < 4.78 is 4.80. The maximum absolute atomic E-state index is 3.98. The number of nitrogens with zero attached hydrogens (tertiary/aromatic N) is 3. The number of nitrogens with one attached hydrogen (secondary N) is 1. The lowest BCUT2D eigenvalue weighted by atomic mass is 9.86. The predicted molar refractivity (Wildman–Crippen MR) is 277 cm³/mol. The van der Waals surface area contributed by atoms with Crippen LogP contribution >= 0.6 is 0 Å². The third-order valence-electron chi connectivity index (χ3n) is 14.4. The van der Waals surface area contributed by atoms with Crippen LogP contribution < -0.4 is 5.32 Å². The molecule has 12 aromatic rings. The Kier molecular flexibility index (Phi) is 8.67. The number of rotatable bonds is 6. The molecule has 2 aromatic heterocycles. The van der Waals surface area contributed by atoms with E-state index >= 15 is 0 Å². The second-order valence-electron chi connectivity index (χ2n) is 18.0. The Morgan fingerprint density at radius 2 is 0.894 bits per heavy atom. The average molecular weight is 847 g/mol. The van der Waals surface area contributed by atoms with Gasteiger partial charge in [0.05, 0.1) is 28.1 Å². The van der Waals surface area contributed by atoms with Gasteiger partial charge in [0.1, 0.15) is 5.66 Å². The van der Waals surface area contributed by atoms with Crippen LogP contribution in [0.15, 0.2) is 231 Å². The van der Waals surface area contributed by atoms with Crippen molar-refractivity contribution in [2.24, 2.45) is 0 Å². The van der Waals surface area contributed by atoms with Gasteiger partial charge >= 0.3 is 0 Å². The van der Waals surface area contributed by atoms with Gasteiger partial charge in [-0.05, 0) is 136 Å². The summed E-state index contributed by atoms with van der Waals surface area (Å²) in [7, 11) is 2.25. The highest BCUT2D eigenvalue weighted by Gasteiger charge is 2.42. The van der Waals surface area contributed by atoms with Gasteiger partial charge in [-0.1, -0.05) is 158 Å². The van der Waals surface area contributed by atoms with Crippen LogP contribution in [0.1, 0.15) is 29.7 Å². The summed E-state index contributed by atoms with van der Waals surface area (Å²) in [5, 5.41) is 11.5. The van der Waals surface area contributed by atoms with Crippen molar-refractivity contribution in [1.29, 1.82) is 0 Å². The van der Waals surface area contributed by atoms with Crippen molar-refractivity contribution >= 4 is 60.1 Å². The molecule has 0 fully saturated rings. The summed E-state index contributed by atoms with van der Waals surface area (Å²) in [4.78, 5) is 2.49. The lowest BCUT2D eigenvalue weighted by molar-refractivity contribution is 0.118. The van der Waals surface area contributed by atoms with Crippen molar-refractivity contribution in [1.82, 2.24) is 14.0 Å². The third kappa shape index (κ3) is 5.96. The molecule has 10 aromatic carbocycles. The molecule has 0 saturated carbocycles. The minimum atomic E-state index is -0.487. The molecule has 1 aliphatic rings. The number of aromatic nitrogens is 2. The highest BCUT2D eigenvalue weighted by Crippen LogP contribution is 2.47. The van der Waals surface area contributed by atoms with Crippen molar-refractivity contribution in [2.75, 3.05) is 12.4 Å². The van der Waals surface area contributed by atoms with Crippen LogP contribution in [-0.4, -0.2) is 21.1 Å². The van der Waals surface area contributed by atoms with E-state index in [-0.39, 0.29) is 6.04 Å². The first-order chi connectivity index (χ1) is 32.5. The second-order valence-corrected chi connectivity index (χ2v) is 18.0. The van der Waals surface area contributed by atoms with E-state index in [1.54, 1.807) is 0 Å². The summed E-state index contributed by atoms with van der Waals surface area (Å²) in [5.41, 5.74) is 16.4. The standard InChI is InChI=1S/C62H46N4/c1-62(63-56-21-11-8-20-53(56)61(64(62)2)43-27-24-42(25-28-43)45-29-26-41-14-6-7-15-44(41)38-45)48-32-34-50(35-33-48)66-58-23-13-10-19-52(58)55-40-47(31-37-60(55)66)46-30-36-59-54(39-46)51-18-9-12-22-57(51)65(59)49-16-4-3-5-17-49/h3-40,61,63H,1-2H3. The van der Waals surface area contributed by atoms with E-state index in [0.29, 0.717) is 0 Å². The number of hydrogen-bond acceptors (Lipinski definition) is 2. The molecule has 1 aliphatic heterocycles. The van der Waals surface area contributed by atoms with E-state index in [4.69, 9.17) is 0 Å². The molecular weight excluding hydrogens is 801 g/mol. The van der Waals surface area contributed by atoms with Crippen LogP contribution in [0.4, 0.5) is 5.69 Å². The van der Waals surface area contributed by atoms with Gasteiger partial charge in [0.2, 0.25) is 0 Å². The Bertz CT molecular complexity index is 3820. The summed E-state index contributed by atoms with van der Waals surface area (Å²) in [6, 6.07) is 84.7. The van der Waals surface area contributed by atoms with E-state index in [9.17, 15) is 0 Å². The number of anilines is 1. The first-order valence-electron chi connectivity index (χ1n) is 22.9. The van der Waals surface area contributed by atoms with E-state index in [1.165, 1.54) is 99.0 Å². The molecule has 1 N–H and O–H groups in total. The third-order valence-corrected chi connectivity index (χ3v) is 14.4. The predicted octanol–water partition coefficient (Wildman–Crippen LogP) is 15.7. The monoisotopic (exact) mass is 846 g/mol. The van der Waals surface area contributed by atoms with Crippen molar-refractivity contribution in [3.05, 3.63) is 247 Å². The Labute approximate surface area is 384 Å². The van der Waals surface area contributed by atoms with E-state index in [1.807, 2.05) is 0 Å². The van der Waals surface area contributed by atoms with Crippen molar-refractivity contribution in [3.8, 4) is 33.6 Å².